The largest absolute Gasteiger partial charge is 0.309 e. The molecule has 0 spiro atoms. The number of para-hydroxylation sites is 2. The maximum absolute atomic E-state index is 5.22. The molecule has 68 heavy (non-hydrogen) atoms. The van der Waals surface area contributed by atoms with E-state index in [1.165, 1.54) is 16.3 Å². The molecule has 0 amide bonds. The molecule has 0 saturated heterocycles. The summed E-state index contributed by atoms with van der Waals surface area (Å²) in [5.41, 5.74) is 15.7. The van der Waals surface area contributed by atoms with Crippen LogP contribution >= 0.6 is 0 Å². The van der Waals surface area contributed by atoms with Gasteiger partial charge >= 0.3 is 0 Å². The first kappa shape index (κ1) is 40.3. The van der Waals surface area contributed by atoms with Crippen molar-refractivity contribution in [2.45, 2.75) is 0 Å². The standard InChI is InChI=1S/C63H43N5/c1-3-21-42(4-2)61-64-62(46-28-15-8-16-29-46)66-63(65-61)48-39-53(44-24-11-6-12-25-44)60(54(40-48)45-26-13-7-14-27-45)68-58-37-34-47(43-22-9-5-10-23-43)38-55(58)52-36-35-49(41-59(52)68)67-56-32-19-17-30-50(56)51-31-18-20-33-57(51)67/h3-41H,1-2H2/b42-21+. The Bertz CT molecular complexity index is 3810. The van der Waals surface area contributed by atoms with E-state index in [9.17, 15) is 0 Å². The number of hydrogen-bond donors (Lipinski definition) is 0. The summed E-state index contributed by atoms with van der Waals surface area (Å²) in [4.78, 5) is 15.4. The molecular weight excluding hydrogens is 827 g/mol. The molecule has 0 saturated carbocycles. The van der Waals surface area contributed by atoms with E-state index in [4.69, 9.17) is 15.0 Å². The van der Waals surface area contributed by atoms with E-state index in [1.54, 1.807) is 12.2 Å². The number of fused-ring (bicyclic) bond motifs is 6. The Hall–Kier alpha value is -9.19. The van der Waals surface area contributed by atoms with Gasteiger partial charge < -0.3 is 9.13 Å². The smallest absolute Gasteiger partial charge is 0.164 e. The Balaban J connectivity index is 1.21. The lowest BCUT2D eigenvalue weighted by Crippen LogP contribution is -2.05. The Labute approximate surface area is 394 Å². The molecule has 5 heteroatoms. The van der Waals surface area contributed by atoms with Gasteiger partial charge in [-0.2, -0.15) is 0 Å². The van der Waals surface area contributed by atoms with Crippen molar-refractivity contribution < 1.29 is 0 Å². The molecule has 12 rings (SSSR count). The number of nitrogens with zero attached hydrogens (tertiary/aromatic N) is 5. The first-order valence-electron chi connectivity index (χ1n) is 22.8. The zero-order chi connectivity index (χ0) is 45.6. The summed E-state index contributed by atoms with van der Waals surface area (Å²) >= 11 is 0. The molecule has 3 heterocycles. The van der Waals surface area contributed by atoms with E-state index in [2.05, 4.69) is 210 Å². The third-order valence-corrected chi connectivity index (χ3v) is 12.9. The van der Waals surface area contributed by atoms with Crippen LogP contribution in [0.25, 0.3) is 117 Å². The molecular formula is C63H43N5. The summed E-state index contributed by atoms with van der Waals surface area (Å²) in [5, 5.41) is 4.77. The van der Waals surface area contributed by atoms with Crippen molar-refractivity contribution in [3.05, 3.63) is 256 Å². The number of benzene rings is 9. The molecule has 320 valence electrons. The fourth-order valence-electron chi connectivity index (χ4n) is 9.79. The molecule has 0 aliphatic heterocycles. The summed E-state index contributed by atoms with van der Waals surface area (Å²) in [6.07, 6.45) is 5.38. The van der Waals surface area contributed by atoms with E-state index >= 15 is 0 Å². The van der Waals surface area contributed by atoms with Gasteiger partial charge in [0, 0.05) is 55.1 Å². The van der Waals surface area contributed by atoms with Crippen LogP contribution in [-0.2, 0) is 0 Å². The highest BCUT2D eigenvalue weighted by molar-refractivity contribution is 6.14. The molecule has 0 atom stereocenters. The van der Waals surface area contributed by atoms with Crippen molar-refractivity contribution >= 4 is 49.2 Å². The number of aromatic nitrogens is 5. The van der Waals surface area contributed by atoms with Crippen LogP contribution in [0.5, 0.6) is 0 Å². The number of rotatable bonds is 10. The lowest BCUT2D eigenvalue weighted by atomic mass is 9.92. The molecule has 12 aromatic rings. The van der Waals surface area contributed by atoms with Gasteiger partial charge in [-0.3, -0.25) is 0 Å². The van der Waals surface area contributed by atoms with Crippen LogP contribution in [0.2, 0.25) is 0 Å². The summed E-state index contributed by atoms with van der Waals surface area (Å²) < 4.78 is 4.89. The van der Waals surface area contributed by atoms with Crippen LogP contribution in [0.3, 0.4) is 0 Å². The van der Waals surface area contributed by atoms with Crippen molar-refractivity contribution in [3.63, 3.8) is 0 Å². The summed E-state index contributed by atoms with van der Waals surface area (Å²) in [6, 6.07) is 77.8. The van der Waals surface area contributed by atoms with Gasteiger partial charge in [0.15, 0.2) is 17.5 Å². The van der Waals surface area contributed by atoms with E-state index in [1.807, 2.05) is 36.4 Å². The third-order valence-electron chi connectivity index (χ3n) is 12.9. The Morgan fingerprint density at radius 3 is 1.44 bits per heavy atom. The molecule has 0 bridgehead atoms. The summed E-state index contributed by atoms with van der Waals surface area (Å²) in [7, 11) is 0. The van der Waals surface area contributed by atoms with Crippen LogP contribution in [0.1, 0.15) is 5.82 Å². The van der Waals surface area contributed by atoms with Crippen LogP contribution in [-0.4, -0.2) is 24.1 Å². The minimum absolute atomic E-state index is 0.518. The normalized spacial score (nSPS) is 11.7. The summed E-state index contributed by atoms with van der Waals surface area (Å²) in [6.45, 7) is 8.08. The van der Waals surface area contributed by atoms with Crippen molar-refractivity contribution in [1.82, 2.24) is 24.1 Å². The molecule has 3 aromatic heterocycles. The second kappa shape index (κ2) is 17.0. The molecule has 5 nitrogen and oxygen atoms in total. The second-order valence-corrected chi connectivity index (χ2v) is 16.9. The first-order valence-corrected chi connectivity index (χ1v) is 22.8. The Kier molecular flexibility index (Phi) is 10.1. The van der Waals surface area contributed by atoms with Crippen LogP contribution in [0.4, 0.5) is 0 Å². The monoisotopic (exact) mass is 869 g/mol. The predicted molar refractivity (Wildman–Crippen MR) is 284 cm³/mol. The number of allylic oxidation sites excluding steroid dienone is 4. The van der Waals surface area contributed by atoms with Gasteiger partial charge in [-0.25, -0.2) is 15.0 Å². The third kappa shape index (κ3) is 6.93. The van der Waals surface area contributed by atoms with Gasteiger partial charge in [0.25, 0.3) is 0 Å². The van der Waals surface area contributed by atoms with Crippen molar-refractivity contribution in [2.75, 3.05) is 0 Å². The van der Waals surface area contributed by atoms with Gasteiger partial charge in [0.2, 0.25) is 0 Å². The van der Waals surface area contributed by atoms with Crippen molar-refractivity contribution in [2.24, 2.45) is 0 Å². The zero-order valence-electron chi connectivity index (χ0n) is 37.2. The average Bonchev–Trinajstić information content (AvgIpc) is 3.92. The molecule has 0 radical (unpaired) electrons. The molecule has 0 aliphatic carbocycles. The van der Waals surface area contributed by atoms with Gasteiger partial charge in [-0.15, -0.1) is 0 Å². The molecule has 0 N–H and O–H groups in total. The Morgan fingerprint density at radius 1 is 0.368 bits per heavy atom. The van der Waals surface area contributed by atoms with Crippen molar-refractivity contribution in [3.8, 4) is 67.5 Å². The predicted octanol–water partition coefficient (Wildman–Crippen LogP) is 16.2. The fourth-order valence-corrected chi connectivity index (χ4v) is 9.79. The van der Waals surface area contributed by atoms with Gasteiger partial charge in [0.05, 0.1) is 27.8 Å². The van der Waals surface area contributed by atoms with Gasteiger partial charge in [-0.1, -0.05) is 201 Å². The lowest BCUT2D eigenvalue weighted by molar-refractivity contribution is 1.04. The minimum Gasteiger partial charge on any atom is -0.309 e. The SMILES string of the molecule is C=C/C=C(\C=C)c1nc(-c2ccccc2)nc(-c2cc(-c3ccccc3)c(-n3c4ccc(-c5ccccc5)cc4c4ccc(-n5c6ccccc6c6ccccc65)cc43)c(-c3ccccc3)c2)n1. The zero-order valence-corrected chi connectivity index (χ0v) is 37.2. The van der Waals surface area contributed by atoms with Gasteiger partial charge in [0.1, 0.15) is 0 Å². The van der Waals surface area contributed by atoms with E-state index in [0.717, 1.165) is 88.7 Å². The van der Waals surface area contributed by atoms with Crippen LogP contribution in [0, 0.1) is 0 Å². The van der Waals surface area contributed by atoms with Gasteiger partial charge in [-0.05, 0) is 70.8 Å². The Morgan fingerprint density at radius 2 is 0.868 bits per heavy atom. The molecule has 0 fully saturated rings. The molecule has 9 aromatic carbocycles. The summed E-state index contributed by atoms with van der Waals surface area (Å²) in [5.74, 6) is 1.64. The maximum Gasteiger partial charge on any atom is 0.164 e. The molecule has 0 unspecified atom stereocenters. The van der Waals surface area contributed by atoms with E-state index in [0.29, 0.717) is 17.5 Å². The average molecular weight is 870 g/mol. The number of hydrogen-bond acceptors (Lipinski definition) is 3. The highest BCUT2D eigenvalue weighted by Gasteiger charge is 2.24. The quantitative estimate of drug-likeness (QED) is 0.129. The maximum atomic E-state index is 5.22. The van der Waals surface area contributed by atoms with Crippen LogP contribution in [0.15, 0.2) is 250 Å². The van der Waals surface area contributed by atoms with Crippen LogP contribution < -0.4 is 0 Å². The van der Waals surface area contributed by atoms with Crippen molar-refractivity contribution in [1.29, 1.82) is 0 Å². The van der Waals surface area contributed by atoms with E-state index in [-0.39, 0.29) is 0 Å². The second-order valence-electron chi connectivity index (χ2n) is 16.9. The lowest BCUT2D eigenvalue weighted by Gasteiger charge is -2.21. The highest BCUT2D eigenvalue weighted by atomic mass is 15.0. The first-order chi connectivity index (χ1) is 33.6. The van der Waals surface area contributed by atoms with E-state index < -0.39 is 0 Å². The fraction of sp³-hybridized carbons (Fsp3) is 0. The highest BCUT2D eigenvalue weighted by Crippen LogP contribution is 2.45. The molecule has 0 aliphatic rings. The topological polar surface area (TPSA) is 48.5 Å². The minimum atomic E-state index is 0.518.